The van der Waals surface area contributed by atoms with Crippen LogP contribution in [0.5, 0.6) is 0 Å². The van der Waals surface area contributed by atoms with Gasteiger partial charge in [-0.3, -0.25) is 4.79 Å². The van der Waals surface area contributed by atoms with E-state index >= 15 is 0 Å². The number of carbonyl (C=O) groups excluding carboxylic acids is 1. The van der Waals surface area contributed by atoms with Crippen molar-refractivity contribution in [1.29, 1.82) is 0 Å². The molecule has 5 nitrogen and oxygen atoms in total. The second-order valence-corrected chi connectivity index (χ2v) is 3.95. The van der Waals surface area contributed by atoms with Crippen LogP contribution in [-0.2, 0) is 11.4 Å². The van der Waals surface area contributed by atoms with Gasteiger partial charge in [0.1, 0.15) is 6.10 Å². The van der Waals surface area contributed by atoms with E-state index in [-0.39, 0.29) is 6.61 Å². The van der Waals surface area contributed by atoms with Crippen molar-refractivity contribution in [2.75, 3.05) is 0 Å². The van der Waals surface area contributed by atoms with Crippen molar-refractivity contribution < 1.29 is 20.1 Å². The largest absolute Gasteiger partial charge is 0.391 e. The molecule has 0 fully saturated rings. The number of carbonyl (C=O) groups is 1. The third-order valence-electron chi connectivity index (χ3n) is 1.72. The molecule has 0 bridgehead atoms. The predicted molar refractivity (Wildman–Crippen MR) is 50.4 cm³/mol. The lowest BCUT2D eigenvalue weighted by molar-refractivity contribution is -0.131. The van der Waals surface area contributed by atoms with Crippen LogP contribution in [0.2, 0.25) is 0 Å². The Labute approximate surface area is 84.4 Å². The molecular weight excluding hydrogens is 206 g/mol. The van der Waals surface area contributed by atoms with Crippen molar-refractivity contribution in [3.63, 3.8) is 0 Å². The van der Waals surface area contributed by atoms with Crippen LogP contribution in [-0.4, -0.2) is 27.3 Å². The third-order valence-corrected chi connectivity index (χ3v) is 2.86. The molecule has 0 aliphatic heterocycles. The monoisotopic (exact) mass is 217 g/mol. The zero-order valence-electron chi connectivity index (χ0n) is 7.25. The lowest BCUT2D eigenvalue weighted by atomic mass is 10.1. The van der Waals surface area contributed by atoms with Crippen LogP contribution in [0.4, 0.5) is 0 Å². The average molecular weight is 217 g/mol. The number of primary amides is 1. The minimum Gasteiger partial charge on any atom is -0.391 e. The summed E-state index contributed by atoms with van der Waals surface area (Å²) in [6, 6.07) is 3.14. The first-order chi connectivity index (χ1) is 6.56. The van der Waals surface area contributed by atoms with Gasteiger partial charge in [-0.2, -0.15) is 0 Å². The minimum absolute atomic E-state index is 0.135. The highest BCUT2D eigenvalue weighted by atomic mass is 32.1. The molecule has 1 rings (SSSR count). The standard InChI is InChI=1S/C8H11NO4S/c9-8(13)7(12)6(11)5-2-1-4(3-10)14-5/h1-2,6-7,10-12H,3H2,(H2,9,13). The normalized spacial score (nSPS) is 15.1. The number of aliphatic hydroxyl groups is 3. The highest BCUT2D eigenvalue weighted by molar-refractivity contribution is 7.12. The number of aliphatic hydroxyl groups excluding tert-OH is 3. The number of hydrogen-bond donors (Lipinski definition) is 4. The van der Waals surface area contributed by atoms with E-state index in [2.05, 4.69) is 0 Å². The van der Waals surface area contributed by atoms with E-state index in [1.165, 1.54) is 6.07 Å². The zero-order valence-corrected chi connectivity index (χ0v) is 8.07. The predicted octanol–water partition coefficient (Wildman–Crippen LogP) is -0.880. The fraction of sp³-hybridized carbons (Fsp3) is 0.375. The van der Waals surface area contributed by atoms with Gasteiger partial charge >= 0.3 is 0 Å². The molecule has 0 aliphatic rings. The van der Waals surface area contributed by atoms with Crippen molar-refractivity contribution in [1.82, 2.24) is 0 Å². The van der Waals surface area contributed by atoms with Crippen molar-refractivity contribution >= 4 is 17.2 Å². The molecule has 0 saturated heterocycles. The first-order valence-corrected chi connectivity index (χ1v) is 4.73. The summed E-state index contributed by atoms with van der Waals surface area (Å²) in [5.74, 6) is -0.976. The van der Waals surface area contributed by atoms with Gasteiger partial charge in [-0.05, 0) is 12.1 Å². The first kappa shape index (κ1) is 11.1. The molecule has 1 heterocycles. The lowest BCUT2D eigenvalue weighted by Gasteiger charge is -2.12. The van der Waals surface area contributed by atoms with Gasteiger partial charge in [0.05, 0.1) is 6.61 Å². The average Bonchev–Trinajstić information content (AvgIpc) is 2.63. The maximum absolute atomic E-state index is 10.6. The summed E-state index contributed by atoms with van der Waals surface area (Å²) in [6.07, 6.45) is -2.93. The van der Waals surface area contributed by atoms with Gasteiger partial charge in [0.2, 0.25) is 5.91 Å². The van der Waals surface area contributed by atoms with Crippen molar-refractivity contribution in [3.8, 4) is 0 Å². The smallest absolute Gasteiger partial charge is 0.249 e. The Morgan fingerprint density at radius 1 is 1.50 bits per heavy atom. The molecule has 6 heteroatoms. The molecule has 1 amide bonds. The second kappa shape index (κ2) is 4.52. The summed E-state index contributed by atoms with van der Waals surface area (Å²) in [5.41, 5.74) is 4.82. The Kier molecular flexibility index (Phi) is 3.59. The quantitative estimate of drug-likeness (QED) is 0.525. The van der Waals surface area contributed by atoms with Gasteiger partial charge in [0.25, 0.3) is 0 Å². The van der Waals surface area contributed by atoms with Crippen LogP contribution in [0, 0.1) is 0 Å². The van der Waals surface area contributed by atoms with E-state index < -0.39 is 18.1 Å². The van der Waals surface area contributed by atoms with Gasteiger partial charge < -0.3 is 21.1 Å². The number of rotatable bonds is 4. The Balaban J connectivity index is 2.78. The van der Waals surface area contributed by atoms with Crippen LogP contribution in [0.3, 0.4) is 0 Å². The molecule has 5 N–H and O–H groups in total. The lowest BCUT2D eigenvalue weighted by Crippen LogP contribution is -2.33. The van der Waals surface area contributed by atoms with Crippen LogP contribution >= 0.6 is 11.3 Å². The summed E-state index contributed by atoms with van der Waals surface area (Å²) < 4.78 is 0. The molecule has 1 aromatic rings. The summed E-state index contributed by atoms with van der Waals surface area (Å²) in [5, 5.41) is 27.4. The first-order valence-electron chi connectivity index (χ1n) is 3.91. The van der Waals surface area contributed by atoms with Crippen molar-refractivity contribution in [2.45, 2.75) is 18.8 Å². The van der Waals surface area contributed by atoms with E-state index in [1.54, 1.807) is 6.07 Å². The van der Waals surface area contributed by atoms with E-state index in [1.807, 2.05) is 0 Å². The molecule has 1 aromatic heterocycles. The molecule has 0 aromatic carbocycles. The highest BCUT2D eigenvalue weighted by Gasteiger charge is 2.24. The zero-order chi connectivity index (χ0) is 10.7. The van der Waals surface area contributed by atoms with Gasteiger partial charge in [-0.15, -0.1) is 11.3 Å². The minimum atomic E-state index is -1.61. The number of nitrogens with two attached hydrogens (primary N) is 1. The summed E-state index contributed by atoms with van der Waals surface area (Å²) in [6.45, 7) is -0.135. The molecule has 2 atom stereocenters. The van der Waals surface area contributed by atoms with Crippen LogP contribution in [0.15, 0.2) is 12.1 Å². The Hall–Kier alpha value is -0.950. The fourth-order valence-corrected chi connectivity index (χ4v) is 1.84. The van der Waals surface area contributed by atoms with Crippen LogP contribution in [0.25, 0.3) is 0 Å². The molecule has 78 valence electrons. The molecular formula is C8H11NO4S. The van der Waals surface area contributed by atoms with Gasteiger partial charge in [0.15, 0.2) is 6.10 Å². The Morgan fingerprint density at radius 2 is 2.14 bits per heavy atom. The number of thiophene rings is 1. The van der Waals surface area contributed by atoms with Crippen LogP contribution in [0.1, 0.15) is 15.9 Å². The summed E-state index contributed by atoms with van der Waals surface area (Å²) >= 11 is 1.12. The van der Waals surface area contributed by atoms with E-state index in [0.717, 1.165) is 11.3 Å². The van der Waals surface area contributed by atoms with Crippen LogP contribution < -0.4 is 5.73 Å². The van der Waals surface area contributed by atoms with Gasteiger partial charge in [-0.1, -0.05) is 0 Å². The third kappa shape index (κ3) is 2.30. The molecule has 0 saturated carbocycles. The Morgan fingerprint density at radius 3 is 2.57 bits per heavy atom. The fourth-order valence-electron chi connectivity index (χ4n) is 0.950. The molecule has 14 heavy (non-hydrogen) atoms. The molecule has 0 spiro atoms. The number of amides is 1. The van der Waals surface area contributed by atoms with E-state index in [9.17, 15) is 9.90 Å². The molecule has 0 aliphatic carbocycles. The van der Waals surface area contributed by atoms with Crippen molar-refractivity contribution in [3.05, 3.63) is 21.9 Å². The maximum Gasteiger partial charge on any atom is 0.249 e. The van der Waals surface area contributed by atoms with Gasteiger partial charge in [-0.25, -0.2) is 0 Å². The Bertz CT molecular complexity index is 325. The topological polar surface area (TPSA) is 104 Å². The SMILES string of the molecule is NC(=O)C(O)C(O)c1ccc(CO)s1. The number of hydrogen-bond acceptors (Lipinski definition) is 5. The highest BCUT2D eigenvalue weighted by Crippen LogP contribution is 2.25. The van der Waals surface area contributed by atoms with Crippen molar-refractivity contribution in [2.24, 2.45) is 5.73 Å². The second-order valence-electron chi connectivity index (χ2n) is 2.75. The molecule has 2 unspecified atom stereocenters. The van der Waals surface area contributed by atoms with E-state index in [4.69, 9.17) is 15.9 Å². The summed E-state index contributed by atoms with van der Waals surface area (Å²) in [4.78, 5) is 11.6. The maximum atomic E-state index is 10.6. The molecule has 0 radical (unpaired) electrons. The summed E-state index contributed by atoms with van der Waals surface area (Å²) in [7, 11) is 0. The van der Waals surface area contributed by atoms with E-state index in [0.29, 0.717) is 9.75 Å². The van der Waals surface area contributed by atoms with Gasteiger partial charge in [0, 0.05) is 9.75 Å².